The Labute approximate surface area is 193 Å². The third-order valence-corrected chi connectivity index (χ3v) is 7.37. The molecule has 0 unspecified atom stereocenters. The minimum atomic E-state index is -3.87. The molecular formula is C19H11ClF2N6O3S2. The maximum atomic E-state index is 13.8. The minimum Gasteiger partial charge on any atom is -0.333 e. The van der Waals surface area contributed by atoms with Crippen LogP contribution in [0.15, 0.2) is 57.4 Å². The van der Waals surface area contributed by atoms with Gasteiger partial charge >= 0.3 is 0 Å². The van der Waals surface area contributed by atoms with Gasteiger partial charge in [-0.25, -0.2) is 31.8 Å². The lowest BCUT2D eigenvalue weighted by atomic mass is 10.1. The number of rotatable bonds is 5. The molecule has 1 aromatic carbocycles. The van der Waals surface area contributed by atoms with Gasteiger partial charge in [-0.1, -0.05) is 28.9 Å². The summed E-state index contributed by atoms with van der Waals surface area (Å²) in [5.41, 5.74) is 0.814. The first kappa shape index (κ1) is 21.6. The number of nitrogens with zero attached hydrogens (tertiary/aromatic N) is 5. The zero-order chi connectivity index (χ0) is 23.3. The normalized spacial score (nSPS) is 12.2. The van der Waals surface area contributed by atoms with Crippen molar-refractivity contribution >= 4 is 38.6 Å². The Morgan fingerprint density at radius 3 is 2.55 bits per heavy atom. The molecule has 33 heavy (non-hydrogen) atoms. The molecule has 0 bridgehead atoms. The molecule has 4 heterocycles. The lowest BCUT2D eigenvalue weighted by Crippen LogP contribution is -2.09. The van der Waals surface area contributed by atoms with E-state index in [1.165, 1.54) is 24.4 Å². The van der Waals surface area contributed by atoms with Crippen LogP contribution in [0.25, 0.3) is 39.1 Å². The van der Waals surface area contributed by atoms with Crippen molar-refractivity contribution in [2.75, 3.05) is 0 Å². The highest BCUT2D eigenvalue weighted by molar-refractivity contribution is 7.91. The molecule has 9 nitrogen and oxygen atoms in total. The van der Waals surface area contributed by atoms with Crippen molar-refractivity contribution in [1.29, 1.82) is 0 Å². The van der Waals surface area contributed by atoms with Gasteiger partial charge in [0.15, 0.2) is 5.65 Å². The zero-order valence-corrected chi connectivity index (χ0v) is 18.6. The van der Waals surface area contributed by atoms with Crippen molar-refractivity contribution in [3.63, 3.8) is 0 Å². The molecule has 0 aliphatic heterocycles. The molecule has 2 N–H and O–H groups in total. The first-order valence-corrected chi connectivity index (χ1v) is 11.8. The van der Waals surface area contributed by atoms with E-state index in [4.69, 9.17) is 21.3 Å². The fraction of sp³-hybridized carbons (Fsp3) is 0.0526. The van der Waals surface area contributed by atoms with Crippen LogP contribution in [0.3, 0.4) is 0 Å². The number of nitrogens with two attached hydrogens (primary N) is 1. The van der Waals surface area contributed by atoms with Gasteiger partial charge in [0.05, 0.1) is 16.8 Å². The molecule has 0 saturated carbocycles. The molecule has 0 saturated heterocycles. The Bertz CT molecular complexity index is 1600. The summed E-state index contributed by atoms with van der Waals surface area (Å²) < 4.78 is 56.8. The van der Waals surface area contributed by atoms with Crippen molar-refractivity contribution in [2.45, 2.75) is 10.6 Å². The Morgan fingerprint density at radius 1 is 1.12 bits per heavy atom. The van der Waals surface area contributed by atoms with Gasteiger partial charge in [-0.3, -0.25) is 0 Å². The van der Waals surface area contributed by atoms with E-state index in [-0.39, 0.29) is 38.5 Å². The molecule has 0 aliphatic rings. The molecule has 5 aromatic rings. The van der Waals surface area contributed by atoms with E-state index in [2.05, 4.69) is 20.2 Å². The maximum Gasteiger partial charge on any atom is 0.280 e. The van der Waals surface area contributed by atoms with E-state index in [0.29, 0.717) is 15.5 Å². The van der Waals surface area contributed by atoms with Crippen LogP contribution >= 0.6 is 22.9 Å². The van der Waals surface area contributed by atoms with Gasteiger partial charge in [0.1, 0.15) is 15.5 Å². The SMILES string of the molecule is NS(=O)(=O)c1ccc(-c2noc(-c3cnn4c(C(F)F)cc(-c5ccc(Cl)cc5)nc34)n2)s1. The van der Waals surface area contributed by atoms with E-state index in [0.717, 1.165) is 15.9 Å². The molecule has 0 fully saturated rings. The van der Waals surface area contributed by atoms with Gasteiger partial charge in [-0.15, -0.1) is 11.3 Å². The molecule has 0 atom stereocenters. The predicted octanol–water partition coefficient (Wildman–Crippen LogP) is 4.41. The topological polar surface area (TPSA) is 129 Å². The molecular weight excluding hydrogens is 498 g/mol. The molecule has 168 valence electrons. The van der Waals surface area contributed by atoms with Crippen molar-refractivity contribution in [3.8, 4) is 33.4 Å². The summed E-state index contributed by atoms with van der Waals surface area (Å²) in [5, 5.41) is 13.5. The number of alkyl halides is 2. The van der Waals surface area contributed by atoms with E-state index >= 15 is 0 Å². The lowest BCUT2D eigenvalue weighted by Gasteiger charge is -2.08. The summed E-state index contributed by atoms with van der Waals surface area (Å²) in [6.07, 6.45) is -1.53. The van der Waals surface area contributed by atoms with Crippen LogP contribution in [0, 0.1) is 0 Å². The predicted molar refractivity (Wildman–Crippen MR) is 116 cm³/mol. The number of hydrogen-bond acceptors (Lipinski definition) is 8. The quantitative estimate of drug-likeness (QED) is 0.372. The molecule has 0 spiro atoms. The lowest BCUT2D eigenvalue weighted by molar-refractivity contribution is 0.143. The van der Waals surface area contributed by atoms with Gasteiger partial charge < -0.3 is 4.52 Å². The maximum absolute atomic E-state index is 13.8. The number of fused-ring (bicyclic) bond motifs is 1. The van der Waals surface area contributed by atoms with E-state index < -0.39 is 16.4 Å². The Hall–Kier alpha value is -3.26. The zero-order valence-electron chi connectivity index (χ0n) is 16.2. The van der Waals surface area contributed by atoms with E-state index in [1.807, 2.05) is 0 Å². The third-order valence-electron chi connectivity index (χ3n) is 4.60. The highest BCUT2D eigenvalue weighted by atomic mass is 35.5. The Morgan fingerprint density at radius 2 is 1.88 bits per heavy atom. The van der Waals surface area contributed by atoms with Crippen molar-refractivity contribution in [3.05, 3.63) is 59.4 Å². The summed E-state index contributed by atoms with van der Waals surface area (Å²) in [6.45, 7) is 0. The van der Waals surface area contributed by atoms with Gasteiger partial charge in [-0.05, 0) is 30.3 Å². The van der Waals surface area contributed by atoms with Gasteiger partial charge in [0, 0.05) is 10.6 Å². The average molecular weight is 509 g/mol. The monoisotopic (exact) mass is 508 g/mol. The van der Waals surface area contributed by atoms with E-state index in [9.17, 15) is 17.2 Å². The first-order valence-electron chi connectivity index (χ1n) is 9.10. The fourth-order valence-electron chi connectivity index (χ4n) is 3.09. The Balaban J connectivity index is 1.62. The van der Waals surface area contributed by atoms with E-state index in [1.54, 1.807) is 24.3 Å². The highest BCUT2D eigenvalue weighted by Crippen LogP contribution is 2.33. The van der Waals surface area contributed by atoms with Crippen molar-refractivity contribution in [2.24, 2.45) is 5.14 Å². The third kappa shape index (κ3) is 3.99. The average Bonchev–Trinajstić information content (AvgIpc) is 3.51. The van der Waals surface area contributed by atoms with Gasteiger partial charge in [-0.2, -0.15) is 10.1 Å². The number of sulfonamides is 1. The van der Waals surface area contributed by atoms with Crippen LogP contribution < -0.4 is 5.14 Å². The Kier molecular flexibility index (Phi) is 5.20. The van der Waals surface area contributed by atoms with Crippen molar-refractivity contribution < 1.29 is 21.7 Å². The fourth-order valence-corrected chi connectivity index (χ4v) is 4.87. The molecule has 0 aliphatic carbocycles. The number of thiophene rings is 1. The van der Waals surface area contributed by atoms with Crippen molar-refractivity contribution in [1.82, 2.24) is 24.7 Å². The van der Waals surface area contributed by atoms with Gasteiger partial charge in [0.2, 0.25) is 15.8 Å². The molecule has 14 heteroatoms. The number of primary sulfonamides is 1. The van der Waals surface area contributed by atoms with Crippen LogP contribution in [-0.2, 0) is 10.0 Å². The standard InChI is InChI=1S/C19H11ClF2N6O3S2/c20-10-3-1-9(2-4-10)12-7-13(16(21)22)28-18(25-12)11(8-24-28)19-26-17(27-31-19)14-5-6-15(32-14)33(23,29)30/h1-8,16H,(H2,23,29,30). The summed E-state index contributed by atoms with van der Waals surface area (Å²) >= 11 is 6.79. The number of aromatic nitrogens is 5. The number of benzene rings is 1. The summed E-state index contributed by atoms with van der Waals surface area (Å²) in [7, 11) is -3.87. The molecule has 0 radical (unpaired) electrons. The minimum absolute atomic E-state index is 0.0217. The summed E-state index contributed by atoms with van der Waals surface area (Å²) in [5.74, 6) is 0.0821. The van der Waals surface area contributed by atoms with Crippen LogP contribution in [0.2, 0.25) is 5.02 Å². The summed E-state index contributed by atoms with van der Waals surface area (Å²) in [4.78, 5) is 9.13. The number of hydrogen-bond donors (Lipinski definition) is 1. The molecule has 0 amide bonds. The van der Waals surface area contributed by atoms with Crippen LogP contribution in [0.1, 0.15) is 12.1 Å². The second-order valence-corrected chi connectivity index (χ2v) is 10.1. The number of halogens is 3. The molecule has 4 aromatic heterocycles. The van der Waals surface area contributed by atoms with Crippen LogP contribution in [0.4, 0.5) is 8.78 Å². The smallest absolute Gasteiger partial charge is 0.280 e. The second-order valence-electron chi connectivity index (χ2n) is 6.75. The van der Waals surface area contributed by atoms with Crippen LogP contribution in [0.5, 0.6) is 0 Å². The molecule has 5 rings (SSSR count). The van der Waals surface area contributed by atoms with Crippen LogP contribution in [-0.4, -0.2) is 33.2 Å². The largest absolute Gasteiger partial charge is 0.333 e. The highest BCUT2D eigenvalue weighted by Gasteiger charge is 2.23. The summed E-state index contributed by atoms with van der Waals surface area (Å²) in [6, 6.07) is 10.6. The van der Waals surface area contributed by atoms with Gasteiger partial charge in [0.25, 0.3) is 12.3 Å². The second kappa shape index (κ2) is 7.95. The first-order chi connectivity index (χ1) is 15.7.